The number of Topliss-reactive ketones (excluding diaryl/α,β-unsaturated/α-hetero) is 1. The molecule has 1 heterocycles. The minimum absolute atomic E-state index is 0.112. The minimum Gasteiger partial charge on any atom is -0.497 e. The van der Waals surface area contributed by atoms with Crippen LogP contribution < -0.4 is 19.5 Å². The second kappa shape index (κ2) is 11.3. The van der Waals surface area contributed by atoms with Gasteiger partial charge in [0.1, 0.15) is 16.3 Å². The number of ketones is 1. The monoisotopic (exact) mass is 483 g/mol. The molecule has 0 saturated carbocycles. The summed E-state index contributed by atoms with van der Waals surface area (Å²) < 4.78 is 21.3. The molecule has 0 aliphatic carbocycles. The first-order valence-corrected chi connectivity index (χ1v) is 11.3. The van der Waals surface area contributed by atoms with Crippen LogP contribution in [-0.2, 0) is 9.53 Å². The first kappa shape index (κ1) is 24.8. The lowest BCUT2D eigenvalue weighted by molar-refractivity contribution is -0.118. The Labute approximate surface area is 201 Å². The van der Waals surface area contributed by atoms with Crippen molar-refractivity contribution in [2.24, 2.45) is 0 Å². The fraction of sp³-hybridized carbons (Fsp3) is 0.240. The topological polar surface area (TPSA) is 100 Å². The highest BCUT2D eigenvalue weighted by Gasteiger charge is 2.23. The van der Waals surface area contributed by atoms with E-state index in [1.807, 2.05) is 12.1 Å². The molecule has 0 radical (unpaired) electrons. The predicted molar refractivity (Wildman–Crippen MR) is 129 cm³/mol. The van der Waals surface area contributed by atoms with Crippen LogP contribution in [0.3, 0.4) is 0 Å². The summed E-state index contributed by atoms with van der Waals surface area (Å²) in [5, 5.41) is 4.88. The van der Waals surface area contributed by atoms with Gasteiger partial charge in [-0.2, -0.15) is 0 Å². The van der Waals surface area contributed by atoms with E-state index < -0.39 is 11.9 Å². The van der Waals surface area contributed by atoms with Crippen LogP contribution in [-0.4, -0.2) is 45.1 Å². The Morgan fingerprint density at radius 3 is 2.32 bits per heavy atom. The number of amides is 1. The molecule has 9 heteroatoms. The standard InChI is InChI=1S/C25H25NO7S/c1-5-32-25(29)23-19(16-6-9-18(30-3)10-7-16)14-34-24(23)26-22(28)13-33-20-11-8-17(15(2)27)12-21(20)31-4/h6-12,14H,5,13H2,1-4H3,(H,26,28). The highest BCUT2D eigenvalue weighted by Crippen LogP contribution is 2.37. The van der Waals surface area contributed by atoms with E-state index in [0.29, 0.717) is 33.4 Å². The maximum Gasteiger partial charge on any atom is 0.341 e. The zero-order valence-electron chi connectivity index (χ0n) is 19.3. The summed E-state index contributed by atoms with van der Waals surface area (Å²) in [6.45, 7) is 3.04. The van der Waals surface area contributed by atoms with Crippen LogP contribution in [0.5, 0.6) is 17.2 Å². The molecule has 0 unspecified atom stereocenters. The molecule has 0 saturated heterocycles. The zero-order chi connectivity index (χ0) is 24.7. The smallest absolute Gasteiger partial charge is 0.341 e. The van der Waals surface area contributed by atoms with Crippen LogP contribution >= 0.6 is 11.3 Å². The van der Waals surface area contributed by atoms with E-state index in [9.17, 15) is 14.4 Å². The first-order valence-electron chi connectivity index (χ1n) is 10.4. The van der Waals surface area contributed by atoms with Crippen LogP contribution in [0.4, 0.5) is 5.00 Å². The van der Waals surface area contributed by atoms with Gasteiger partial charge in [0.2, 0.25) is 0 Å². The Morgan fingerprint density at radius 2 is 1.71 bits per heavy atom. The predicted octanol–water partition coefficient (Wildman–Crippen LogP) is 4.83. The number of hydrogen-bond acceptors (Lipinski definition) is 8. The lowest BCUT2D eigenvalue weighted by atomic mass is 10.0. The van der Waals surface area contributed by atoms with Gasteiger partial charge in [-0.05, 0) is 49.7 Å². The Hall–Kier alpha value is -3.85. The quantitative estimate of drug-likeness (QED) is 0.326. The van der Waals surface area contributed by atoms with Gasteiger partial charge in [0.15, 0.2) is 23.9 Å². The van der Waals surface area contributed by atoms with E-state index in [-0.39, 0.29) is 24.6 Å². The number of esters is 1. The van der Waals surface area contributed by atoms with E-state index in [0.717, 1.165) is 5.56 Å². The van der Waals surface area contributed by atoms with Crippen LogP contribution in [0.15, 0.2) is 47.8 Å². The Kier molecular flexibility index (Phi) is 8.26. The molecule has 0 spiro atoms. The second-order valence-electron chi connectivity index (χ2n) is 7.06. The van der Waals surface area contributed by atoms with Gasteiger partial charge in [-0.15, -0.1) is 11.3 Å². The van der Waals surface area contributed by atoms with Gasteiger partial charge in [-0.3, -0.25) is 9.59 Å². The number of thiophene rings is 1. The second-order valence-corrected chi connectivity index (χ2v) is 7.94. The molecule has 1 amide bonds. The van der Waals surface area contributed by atoms with Crippen LogP contribution in [0.1, 0.15) is 34.6 Å². The molecular weight excluding hydrogens is 458 g/mol. The Morgan fingerprint density at radius 1 is 0.971 bits per heavy atom. The van der Waals surface area contributed by atoms with Crippen molar-refractivity contribution in [2.45, 2.75) is 13.8 Å². The van der Waals surface area contributed by atoms with Crippen molar-refractivity contribution in [3.63, 3.8) is 0 Å². The number of methoxy groups -OCH3 is 2. The number of benzene rings is 2. The number of anilines is 1. The van der Waals surface area contributed by atoms with Crippen LogP contribution in [0, 0.1) is 0 Å². The van der Waals surface area contributed by atoms with Crippen molar-refractivity contribution >= 4 is 34.0 Å². The van der Waals surface area contributed by atoms with Crippen molar-refractivity contribution in [1.82, 2.24) is 0 Å². The molecule has 2 aromatic carbocycles. The number of ether oxygens (including phenoxy) is 4. The van der Waals surface area contributed by atoms with Gasteiger partial charge in [0.05, 0.1) is 20.8 Å². The highest BCUT2D eigenvalue weighted by molar-refractivity contribution is 7.15. The minimum atomic E-state index is -0.535. The summed E-state index contributed by atoms with van der Waals surface area (Å²) in [4.78, 5) is 36.9. The molecule has 1 aromatic heterocycles. The maximum atomic E-state index is 12.7. The average molecular weight is 484 g/mol. The molecule has 8 nitrogen and oxygen atoms in total. The number of hydrogen-bond donors (Lipinski definition) is 1. The first-order chi connectivity index (χ1) is 16.4. The summed E-state index contributed by atoms with van der Waals surface area (Å²) >= 11 is 1.22. The third-order valence-electron chi connectivity index (χ3n) is 4.85. The third-order valence-corrected chi connectivity index (χ3v) is 5.75. The molecule has 34 heavy (non-hydrogen) atoms. The molecule has 0 aliphatic rings. The molecule has 3 aromatic rings. The third kappa shape index (κ3) is 5.74. The van der Waals surface area contributed by atoms with Gasteiger partial charge < -0.3 is 24.3 Å². The maximum absolute atomic E-state index is 12.7. The van der Waals surface area contributed by atoms with Gasteiger partial charge in [0, 0.05) is 16.5 Å². The van der Waals surface area contributed by atoms with E-state index in [4.69, 9.17) is 18.9 Å². The van der Waals surface area contributed by atoms with Crippen molar-refractivity contribution in [2.75, 3.05) is 32.8 Å². The average Bonchev–Trinajstić information content (AvgIpc) is 3.26. The van der Waals surface area contributed by atoms with E-state index in [1.54, 1.807) is 49.7 Å². The Balaban J connectivity index is 1.79. The highest BCUT2D eigenvalue weighted by atomic mass is 32.1. The largest absolute Gasteiger partial charge is 0.497 e. The lowest BCUT2D eigenvalue weighted by Gasteiger charge is -2.12. The molecule has 1 N–H and O–H groups in total. The molecule has 0 fully saturated rings. The lowest BCUT2D eigenvalue weighted by Crippen LogP contribution is -2.21. The van der Waals surface area contributed by atoms with Gasteiger partial charge >= 0.3 is 5.97 Å². The summed E-state index contributed by atoms with van der Waals surface area (Å²) in [6.07, 6.45) is 0. The number of nitrogens with one attached hydrogen (secondary N) is 1. The van der Waals surface area contributed by atoms with Crippen molar-refractivity contribution in [3.8, 4) is 28.4 Å². The van der Waals surface area contributed by atoms with Crippen LogP contribution in [0.25, 0.3) is 11.1 Å². The van der Waals surface area contributed by atoms with Crippen LogP contribution in [0.2, 0.25) is 0 Å². The number of carbonyl (C=O) groups excluding carboxylic acids is 3. The molecule has 0 aliphatic heterocycles. The SMILES string of the molecule is CCOC(=O)c1c(-c2ccc(OC)cc2)csc1NC(=O)COc1ccc(C(C)=O)cc1OC. The normalized spacial score (nSPS) is 10.4. The van der Waals surface area contributed by atoms with Crippen molar-refractivity contribution in [3.05, 3.63) is 59.0 Å². The van der Waals surface area contributed by atoms with E-state index >= 15 is 0 Å². The summed E-state index contributed by atoms with van der Waals surface area (Å²) in [5.41, 5.74) is 2.17. The molecule has 0 bridgehead atoms. The summed E-state index contributed by atoms with van der Waals surface area (Å²) in [5.74, 6) is 0.233. The Bertz CT molecular complexity index is 1180. The molecule has 3 rings (SSSR count). The van der Waals surface area contributed by atoms with E-state index in [2.05, 4.69) is 5.32 Å². The number of rotatable bonds is 10. The molecular formula is C25H25NO7S. The zero-order valence-corrected chi connectivity index (χ0v) is 20.1. The van der Waals surface area contributed by atoms with Gasteiger partial charge in [0.25, 0.3) is 5.91 Å². The fourth-order valence-electron chi connectivity index (χ4n) is 3.15. The molecule has 0 atom stereocenters. The molecule has 178 valence electrons. The van der Waals surface area contributed by atoms with Crippen molar-refractivity contribution < 1.29 is 33.3 Å². The van der Waals surface area contributed by atoms with Crippen molar-refractivity contribution in [1.29, 1.82) is 0 Å². The van der Waals surface area contributed by atoms with E-state index in [1.165, 1.54) is 25.4 Å². The summed E-state index contributed by atoms with van der Waals surface area (Å²) in [7, 11) is 3.02. The van der Waals surface area contributed by atoms with Gasteiger partial charge in [-0.1, -0.05) is 12.1 Å². The summed E-state index contributed by atoms with van der Waals surface area (Å²) in [6, 6.07) is 12.0. The van der Waals surface area contributed by atoms with Gasteiger partial charge in [-0.25, -0.2) is 4.79 Å². The number of carbonyl (C=O) groups is 3. The fourth-order valence-corrected chi connectivity index (χ4v) is 4.12.